The molecule has 5 nitrogen and oxygen atoms in total. The number of rotatable bonds is 10. The molecule has 0 aliphatic carbocycles. The van der Waals surface area contributed by atoms with Crippen LogP contribution in [0, 0.1) is 6.92 Å². The number of hydrogen-bond donors (Lipinski definition) is 1. The van der Waals surface area contributed by atoms with E-state index in [1.54, 1.807) is 18.8 Å². The summed E-state index contributed by atoms with van der Waals surface area (Å²) in [4.78, 5) is 26.9. The lowest BCUT2D eigenvalue weighted by Crippen LogP contribution is -2.34. The summed E-state index contributed by atoms with van der Waals surface area (Å²) in [5.74, 6) is 0.620. The third-order valence-electron chi connectivity index (χ3n) is 4.23. The first-order chi connectivity index (χ1) is 13.5. The van der Waals surface area contributed by atoms with Gasteiger partial charge in [0.15, 0.2) is 0 Å². The Kier molecular flexibility index (Phi) is 8.88. The number of thioether (sulfide) groups is 1. The van der Waals surface area contributed by atoms with E-state index in [-0.39, 0.29) is 18.4 Å². The topological polar surface area (TPSA) is 58.6 Å². The average molecular weight is 401 g/mol. The molecule has 28 heavy (non-hydrogen) atoms. The van der Waals surface area contributed by atoms with Crippen molar-refractivity contribution in [3.63, 3.8) is 0 Å². The molecule has 0 fully saturated rings. The maximum Gasteiger partial charge on any atom is 0.244 e. The van der Waals surface area contributed by atoms with E-state index in [1.807, 2.05) is 61.7 Å². The second kappa shape index (κ2) is 11.4. The molecule has 0 saturated carbocycles. The number of para-hydroxylation sites is 1. The highest BCUT2D eigenvalue weighted by Gasteiger charge is 2.13. The second-order valence-corrected chi connectivity index (χ2v) is 7.47. The Labute approximate surface area is 171 Å². The summed E-state index contributed by atoms with van der Waals surface area (Å²) in [7, 11) is 1.66. The largest absolute Gasteiger partial charge is 0.494 e. The molecule has 6 heteroatoms. The van der Waals surface area contributed by atoms with Crippen LogP contribution in [0.25, 0.3) is 0 Å². The van der Waals surface area contributed by atoms with Crippen molar-refractivity contribution < 1.29 is 14.3 Å². The maximum atomic E-state index is 12.2. The van der Waals surface area contributed by atoms with E-state index in [9.17, 15) is 9.59 Å². The van der Waals surface area contributed by atoms with E-state index in [1.165, 1.54) is 4.90 Å². The molecule has 0 atom stereocenters. The van der Waals surface area contributed by atoms with Gasteiger partial charge in [-0.2, -0.15) is 0 Å². The molecule has 0 saturated heterocycles. The first-order valence-electron chi connectivity index (χ1n) is 9.36. The molecular weight excluding hydrogens is 372 g/mol. The first-order valence-corrected chi connectivity index (χ1v) is 10.6. The zero-order chi connectivity index (χ0) is 20.4. The smallest absolute Gasteiger partial charge is 0.244 e. The summed E-state index contributed by atoms with van der Waals surface area (Å²) in [5, 5.41) is 2.87. The molecule has 2 aromatic carbocycles. The Morgan fingerprint density at radius 1 is 1.11 bits per heavy atom. The van der Waals surface area contributed by atoms with Crippen LogP contribution < -0.4 is 10.1 Å². The third-order valence-corrected chi connectivity index (χ3v) is 5.03. The summed E-state index contributed by atoms with van der Waals surface area (Å²) >= 11 is 1.57. The monoisotopic (exact) mass is 400 g/mol. The van der Waals surface area contributed by atoms with Crippen LogP contribution in [-0.4, -0.2) is 43.2 Å². The zero-order valence-electron chi connectivity index (χ0n) is 16.7. The molecule has 1 N–H and O–H groups in total. The molecule has 2 amide bonds. The molecule has 2 rings (SSSR count). The van der Waals surface area contributed by atoms with Crippen LogP contribution in [0.4, 0.5) is 5.69 Å². The summed E-state index contributed by atoms with van der Waals surface area (Å²) in [6.45, 7) is 2.64. The number of carbonyl (C=O) groups is 2. The number of ether oxygens (including phenoxy) is 1. The van der Waals surface area contributed by atoms with Gasteiger partial charge in [0.2, 0.25) is 11.8 Å². The first kappa shape index (κ1) is 21.8. The van der Waals surface area contributed by atoms with Gasteiger partial charge >= 0.3 is 0 Å². The third kappa shape index (κ3) is 7.27. The van der Waals surface area contributed by atoms with Gasteiger partial charge in [0.05, 0.1) is 18.8 Å². The minimum atomic E-state index is -0.194. The van der Waals surface area contributed by atoms with Crippen molar-refractivity contribution in [3.8, 4) is 5.75 Å². The van der Waals surface area contributed by atoms with Crippen LogP contribution in [0.15, 0.2) is 53.4 Å². The minimum Gasteiger partial charge on any atom is -0.494 e. The van der Waals surface area contributed by atoms with Gasteiger partial charge in [0, 0.05) is 18.4 Å². The Morgan fingerprint density at radius 3 is 2.64 bits per heavy atom. The van der Waals surface area contributed by atoms with Crippen molar-refractivity contribution in [2.45, 2.75) is 31.1 Å². The molecule has 0 spiro atoms. The van der Waals surface area contributed by atoms with Gasteiger partial charge in [-0.1, -0.05) is 24.3 Å². The Bertz CT molecular complexity index is 795. The Hall–Kier alpha value is -2.47. The van der Waals surface area contributed by atoms with Crippen LogP contribution in [0.3, 0.4) is 0 Å². The van der Waals surface area contributed by atoms with Gasteiger partial charge < -0.3 is 15.0 Å². The van der Waals surface area contributed by atoms with E-state index >= 15 is 0 Å². The van der Waals surface area contributed by atoms with Crippen LogP contribution >= 0.6 is 11.8 Å². The standard InChI is InChI=1S/C22H28N2O3S/c1-17-9-8-10-18(15-17)27-14-7-6-13-22(26)24(2)16-21(25)23-19-11-4-5-12-20(19)28-3/h4-5,8-12,15H,6-7,13-14,16H2,1-3H3,(H,23,25). The van der Waals surface area contributed by atoms with Gasteiger partial charge in [-0.3, -0.25) is 9.59 Å². The molecule has 0 unspecified atom stereocenters. The van der Waals surface area contributed by atoms with Crippen molar-refractivity contribution in [3.05, 3.63) is 54.1 Å². The number of carbonyl (C=O) groups excluding carboxylic acids is 2. The predicted octanol–water partition coefficient (Wildman–Crippen LogP) is 4.36. The summed E-state index contributed by atoms with van der Waals surface area (Å²) in [6.07, 6.45) is 3.89. The molecule has 2 aromatic rings. The van der Waals surface area contributed by atoms with Crippen LogP contribution in [0.1, 0.15) is 24.8 Å². The van der Waals surface area contributed by atoms with E-state index < -0.39 is 0 Å². The van der Waals surface area contributed by atoms with Crippen molar-refractivity contribution in [2.24, 2.45) is 0 Å². The van der Waals surface area contributed by atoms with E-state index in [0.717, 1.165) is 34.7 Å². The molecule has 0 heterocycles. The summed E-state index contributed by atoms with van der Waals surface area (Å²) < 4.78 is 5.69. The fourth-order valence-electron chi connectivity index (χ4n) is 2.71. The quantitative estimate of drug-likeness (QED) is 0.475. The number of likely N-dealkylation sites (N-methyl/N-ethyl adjacent to an activating group) is 1. The lowest BCUT2D eigenvalue weighted by atomic mass is 10.2. The van der Waals surface area contributed by atoms with Crippen LogP contribution in [-0.2, 0) is 9.59 Å². The lowest BCUT2D eigenvalue weighted by Gasteiger charge is -2.17. The van der Waals surface area contributed by atoms with Gasteiger partial charge in [-0.15, -0.1) is 11.8 Å². The number of benzene rings is 2. The predicted molar refractivity (Wildman–Crippen MR) is 115 cm³/mol. The number of nitrogens with zero attached hydrogens (tertiary/aromatic N) is 1. The van der Waals surface area contributed by atoms with E-state index in [2.05, 4.69) is 5.32 Å². The van der Waals surface area contributed by atoms with E-state index in [0.29, 0.717) is 13.0 Å². The SMILES string of the molecule is CSc1ccccc1NC(=O)CN(C)C(=O)CCCCOc1cccc(C)c1. The zero-order valence-corrected chi connectivity index (χ0v) is 17.6. The highest BCUT2D eigenvalue weighted by Crippen LogP contribution is 2.24. The molecule has 0 aliphatic rings. The summed E-state index contributed by atoms with van der Waals surface area (Å²) in [5.41, 5.74) is 1.93. The number of amides is 2. The van der Waals surface area contributed by atoms with E-state index in [4.69, 9.17) is 4.74 Å². The minimum absolute atomic E-state index is 0.0381. The molecule has 0 aromatic heterocycles. The second-order valence-electron chi connectivity index (χ2n) is 6.62. The average Bonchev–Trinajstić information content (AvgIpc) is 2.68. The molecule has 0 bridgehead atoms. The van der Waals surface area contributed by atoms with Crippen molar-refractivity contribution >= 4 is 29.3 Å². The number of aryl methyl sites for hydroxylation is 1. The van der Waals surface area contributed by atoms with Crippen molar-refractivity contribution in [2.75, 3.05) is 31.8 Å². The molecule has 0 aliphatic heterocycles. The highest BCUT2D eigenvalue weighted by atomic mass is 32.2. The number of nitrogens with one attached hydrogen (secondary N) is 1. The number of hydrogen-bond acceptors (Lipinski definition) is 4. The fourth-order valence-corrected chi connectivity index (χ4v) is 3.26. The van der Waals surface area contributed by atoms with Gasteiger partial charge in [-0.05, 0) is 55.9 Å². The van der Waals surface area contributed by atoms with Gasteiger partial charge in [0.25, 0.3) is 0 Å². The molecule has 0 radical (unpaired) electrons. The fraction of sp³-hybridized carbons (Fsp3) is 0.364. The highest BCUT2D eigenvalue weighted by molar-refractivity contribution is 7.98. The molecular formula is C22H28N2O3S. The van der Waals surface area contributed by atoms with Crippen LogP contribution in [0.5, 0.6) is 5.75 Å². The molecule has 150 valence electrons. The van der Waals surface area contributed by atoms with Crippen molar-refractivity contribution in [1.82, 2.24) is 4.90 Å². The van der Waals surface area contributed by atoms with Gasteiger partial charge in [0.1, 0.15) is 5.75 Å². The number of anilines is 1. The van der Waals surface area contributed by atoms with Crippen molar-refractivity contribution in [1.29, 1.82) is 0 Å². The van der Waals surface area contributed by atoms with Gasteiger partial charge in [-0.25, -0.2) is 0 Å². The van der Waals surface area contributed by atoms with Crippen LogP contribution in [0.2, 0.25) is 0 Å². The number of unbranched alkanes of at least 4 members (excludes halogenated alkanes) is 1. The lowest BCUT2D eigenvalue weighted by molar-refractivity contribution is -0.133. The Balaban J connectivity index is 1.67. The normalized spacial score (nSPS) is 10.4. The summed E-state index contributed by atoms with van der Waals surface area (Å²) in [6, 6.07) is 15.5. The maximum absolute atomic E-state index is 12.2. The Morgan fingerprint density at radius 2 is 1.89 bits per heavy atom.